The molecule has 0 N–H and O–H groups in total. The molecule has 0 saturated carbocycles. The lowest BCUT2D eigenvalue weighted by atomic mass is 10.2. The zero-order valence-corrected chi connectivity index (χ0v) is 15.1. The Labute approximate surface area is 150 Å². The first-order valence-electron chi connectivity index (χ1n) is 9.28. The number of nitrogens with zero attached hydrogens (tertiary/aromatic N) is 3. The number of piperazine rings is 1. The van der Waals surface area contributed by atoms with Gasteiger partial charge < -0.3 is 9.64 Å². The minimum absolute atomic E-state index is 0.0277. The summed E-state index contributed by atoms with van der Waals surface area (Å²) in [5.74, 6) is 0.251. The fraction of sp³-hybridized carbons (Fsp3) is 0.550. The number of hydrogen-bond acceptors (Lipinski definition) is 4. The lowest BCUT2D eigenvalue weighted by molar-refractivity contribution is -0.141. The highest BCUT2D eigenvalue weighted by molar-refractivity contribution is 5.81. The van der Waals surface area contributed by atoms with Crippen molar-refractivity contribution in [3.8, 4) is 0 Å². The molecule has 2 heterocycles. The summed E-state index contributed by atoms with van der Waals surface area (Å²) in [6, 6.07) is 10.4. The van der Waals surface area contributed by atoms with Crippen molar-refractivity contribution >= 4 is 12.0 Å². The summed E-state index contributed by atoms with van der Waals surface area (Å²) in [4.78, 5) is 19.3. The number of rotatable bonds is 5. The highest BCUT2D eigenvalue weighted by Gasteiger charge is 2.29. The van der Waals surface area contributed by atoms with Crippen molar-refractivity contribution < 1.29 is 9.53 Å². The van der Waals surface area contributed by atoms with E-state index in [2.05, 4.69) is 46.2 Å². The van der Waals surface area contributed by atoms with Crippen molar-refractivity contribution in [2.24, 2.45) is 0 Å². The Hall–Kier alpha value is -1.69. The van der Waals surface area contributed by atoms with Gasteiger partial charge >= 0.3 is 0 Å². The van der Waals surface area contributed by atoms with Gasteiger partial charge in [0.05, 0.1) is 19.3 Å². The van der Waals surface area contributed by atoms with Crippen LogP contribution in [0.5, 0.6) is 0 Å². The van der Waals surface area contributed by atoms with E-state index in [-0.39, 0.29) is 11.9 Å². The standard InChI is InChI=1S/C20H29N3O2/c1-18(20(24)23-14-16-25-17-15-23)22-12-10-21(11-13-22)9-5-8-19-6-3-2-4-7-19/h2-8,18H,9-17H2,1H3/b8-5+/t18-/m1/s1. The topological polar surface area (TPSA) is 36.0 Å². The summed E-state index contributed by atoms with van der Waals surface area (Å²) in [5.41, 5.74) is 1.24. The van der Waals surface area contributed by atoms with Crippen LogP contribution in [0.25, 0.3) is 6.08 Å². The van der Waals surface area contributed by atoms with Gasteiger partial charge in [-0.15, -0.1) is 0 Å². The van der Waals surface area contributed by atoms with Crippen molar-refractivity contribution in [3.63, 3.8) is 0 Å². The monoisotopic (exact) mass is 343 g/mol. The van der Waals surface area contributed by atoms with E-state index < -0.39 is 0 Å². The zero-order valence-electron chi connectivity index (χ0n) is 15.1. The predicted molar refractivity (Wildman–Crippen MR) is 100 cm³/mol. The van der Waals surface area contributed by atoms with E-state index in [4.69, 9.17) is 4.74 Å². The molecule has 5 heteroatoms. The molecule has 1 amide bonds. The van der Waals surface area contributed by atoms with Gasteiger partial charge in [-0.2, -0.15) is 0 Å². The molecule has 0 unspecified atom stereocenters. The number of hydrogen-bond donors (Lipinski definition) is 0. The predicted octanol–water partition coefficient (Wildman–Crippen LogP) is 1.56. The Morgan fingerprint density at radius 3 is 2.44 bits per heavy atom. The Morgan fingerprint density at radius 2 is 1.76 bits per heavy atom. The molecule has 5 nitrogen and oxygen atoms in total. The van der Waals surface area contributed by atoms with Gasteiger partial charge in [0, 0.05) is 45.8 Å². The van der Waals surface area contributed by atoms with E-state index in [1.54, 1.807) is 0 Å². The van der Waals surface area contributed by atoms with Crippen LogP contribution >= 0.6 is 0 Å². The van der Waals surface area contributed by atoms with Crippen molar-refractivity contribution in [3.05, 3.63) is 42.0 Å². The highest BCUT2D eigenvalue weighted by atomic mass is 16.5. The SMILES string of the molecule is C[C@H](C(=O)N1CCOCC1)N1CCN(C/C=C/c2ccccc2)CC1. The molecule has 1 atom stereocenters. The molecule has 136 valence electrons. The fourth-order valence-corrected chi connectivity index (χ4v) is 3.44. The van der Waals surface area contributed by atoms with Crippen LogP contribution < -0.4 is 0 Å². The second-order valence-electron chi connectivity index (χ2n) is 6.76. The van der Waals surface area contributed by atoms with E-state index in [1.807, 2.05) is 17.9 Å². The van der Waals surface area contributed by atoms with Gasteiger partial charge in [-0.3, -0.25) is 14.6 Å². The summed E-state index contributed by atoms with van der Waals surface area (Å²) in [6.07, 6.45) is 4.41. The van der Waals surface area contributed by atoms with Gasteiger partial charge in [-0.25, -0.2) is 0 Å². The highest BCUT2D eigenvalue weighted by Crippen LogP contribution is 2.11. The summed E-state index contributed by atoms with van der Waals surface area (Å²) >= 11 is 0. The minimum Gasteiger partial charge on any atom is -0.378 e. The van der Waals surface area contributed by atoms with Crippen molar-refractivity contribution in [2.45, 2.75) is 13.0 Å². The first-order valence-corrected chi connectivity index (χ1v) is 9.28. The number of carbonyl (C=O) groups is 1. The number of ether oxygens (including phenoxy) is 1. The van der Waals surface area contributed by atoms with Crippen molar-refractivity contribution in [1.29, 1.82) is 0 Å². The van der Waals surface area contributed by atoms with E-state index >= 15 is 0 Å². The molecule has 1 aromatic rings. The molecule has 0 aromatic heterocycles. The average molecular weight is 343 g/mol. The van der Waals surface area contributed by atoms with Gasteiger partial charge in [0.25, 0.3) is 0 Å². The van der Waals surface area contributed by atoms with Crippen LogP contribution in [-0.2, 0) is 9.53 Å². The molecule has 2 aliphatic heterocycles. The van der Waals surface area contributed by atoms with Crippen LogP contribution in [0.15, 0.2) is 36.4 Å². The van der Waals surface area contributed by atoms with Crippen LogP contribution in [0.1, 0.15) is 12.5 Å². The number of benzene rings is 1. The third-order valence-corrected chi connectivity index (χ3v) is 5.11. The molecule has 25 heavy (non-hydrogen) atoms. The second-order valence-corrected chi connectivity index (χ2v) is 6.76. The lowest BCUT2D eigenvalue weighted by Gasteiger charge is -2.39. The third-order valence-electron chi connectivity index (χ3n) is 5.11. The molecule has 2 aliphatic rings. The van der Waals surface area contributed by atoms with Gasteiger partial charge in [-0.05, 0) is 12.5 Å². The second kappa shape index (κ2) is 9.13. The lowest BCUT2D eigenvalue weighted by Crippen LogP contribution is -2.55. The summed E-state index contributed by atoms with van der Waals surface area (Å²) in [6.45, 7) is 9.74. The first-order chi connectivity index (χ1) is 12.2. The minimum atomic E-state index is -0.0277. The van der Waals surface area contributed by atoms with Crippen LogP contribution in [0.4, 0.5) is 0 Å². The van der Waals surface area contributed by atoms with Crippen molar-refractivity contribution in [2.75, 3.05) is 59.0 Å². The van der Waals surface area contributed by atoms with E-state index in [1.165, 1.54) is 5.56 Å². The van der Waals surface area contributed by atoms with Crippen LogP contribution in [0.2, 0.25) is 0 Å². The zero-order chi connectivity index (χ0) is 17.5. The fourth-order valence-electron chi connectivity index (χ4n) is 3.44. The maximum absolute atomic E-state index is 12.6. The summed E-state index contributed by atoms with van der Waals surface area (Å²) < 4.78 is 5.34. The Morgan fingerprint density at radius 1 is 1.08 bits per heavy atom. The molecular formula is C20H29N3O2. The van der Waals surface area contributed by atoms with Gasteiger partial charge in [0.15, 0.2) is 0 Å². The van der Waals surface area contributed by atoms with E-state index in [0.29, 0.717) is 13.2 Å². The van der Waals surface area contributed by atoms with Crippen LogP contribution in [0, 0.1) is 0 Å². The molecular weight excluding hydrogens is 314 g/mol. The summed E-state index contributed by atoms with van der Waals surface area (Å²) in [5, 5.41) is 0. The average Bonchev–Trinajstić information content (AvgIpc) is 2.69. The maximum Gasteiger partial charge on any atom is 0.239 e. The molecule has 0 spiro atoms. The van der Waals surface area contributed by atoms with Gasteiger partial charge in [0.2, 0.25) is 5.91 Å². The third kappa shape index (κ3) is 5.14. The molecule has 3 rings (SSSR count). The molecule has 0 bridgehead atoms. The van der Waals surface area contributed by atoms with Gasteiger partial charge in [0.1, 0.15) is 0 Å². The van der Waals surface area contributed by atoms with E-state index in [0.717, 1.165) is 45.8 Å². The molecule has 1 aromatic carbocycles. The van der Waals surface area contributed by atoms with Crippen molar-refractivity contribution in [1.82, 2.24) is 14.7 Å². The first kappa shape index (κ1) is 18.1. The van der Waals surface area contributed by atoms with Gasteiger partial charge in [-0.1, -0.05) is 42.5 Å². The molecule has 0 radical (unpaired) electrons. The smallest absolute Gasteiger partial charge is 0.239 e. The molecule has 2 fully saturated rings. The normalized spacial score (nSPS) is 21.6. The molecule has 2 saturated heterocycles. The molecule has 0 aliphatic carbocycles. The van der Waals surface area contributed by atoms with Crippen LogP contribution in [0.3, 0.4) is 0 Å². The number of amides is 1. The number of morpholine rings is 1. The maximum atomic E-state index is 12.6. The largest absolute Gasteiger partial charge is 0.378 e. The quantitative estimate of drug-likeness (QED) is 0.813. The summed E-state index contributed by atoms with van der Waals surface area (Å²) in [7, 11) is 0. The Bertz CT molecular complexity index is 562. The number of carbonyl (C=O) groups excluding carboxylic acids is 1. The van der Waals surface area contributed by atoms with Crippen LogP contribution in [-0.4, -0.2) is 85.7 Å². The van der Waals surface area contributed by atoms with E-state index in [9.17, 15) is 4.79 Å². The Balaban J connectivity index is 1.42. The Kier molecular flexibility index (Phi) is 6.62.